The third-order valence-electron chi connectivity index (χ3n) is 4.68. The van der Waals surface area contributed by atoms with E-state index in [1.807, 2.05) is 19.9 Å². The molecule has 0 bridgehead atoms. The summed E-state index contributed by atoms with van der Waals surface area (Å²) in [6, 6.07) is 6.50. The number of imidazole rings is 1. The molecule has 130 valence electrons. The van der Waals surface area contributed by atoms with Crippen LogP contribution in [0.4, 0.5) is 0 Å². The van der Waals surface area contributed by atoms with Crippen molar-refractivity contribution in [2.24, 2.45) is 7.05 Å². The molecule has 5 nitrogen and oxygen atoms in total. The maximum absolute atomic E-state index is 9.59. The van der Waals surface area contributed by atoms with E-state index in [2.05, 4.69) is 34.8 Å². The Balaban J connectivity index is 1.78. The van der Waals surface area contributed by atoms with Crippen molar-refractivity contribution in [2.75, 3.05) is 13.2 Å². The fraction of sp³-hybridized carbons (Fsp3) is 0.526. The summed E-state index contributed by atoms with van der Waals surface area (Å²) in [4.78, 5) is 7.20. The van der Waals surface area contributed by atoms with Gasteiger partial charge in [0.2, 0.25) is 0 Å². The Labute approximate surface area is 143 Å². The van der Waals surface area contributed by atoms with E-state index < -0.39 is 0 Å². The number of nitrogens with zero attached hydrogens (tertiary/aromatic N) is 3. The van der Waals surface area contributed by atoms with Gasteiger partial charge in [-0.2, -0.15) is 0 Å². The predicted molar refractivity (Wildman–Crippen MR) is 93.9 cm³/mol. The first-order valence-corrected chi connectivity index (χ1v) is 8.71. The van der Waals surface area contributed by atoms with Gasteiger partial charge in [0.05, 0.1) is 24.9 Å². The zero-order valence-corrected chi connectivity index (χ0v) is 14.8. The third-order valence-corrected chi connectivity index (χ3v) is 4.68. The highest BCUT2D eigenvalue weighted by atomic mass is 16.5. The summed E-state index contributed by atoms with van der Waals surface area (Å²) in [5.41, 5.74) is 3.14. The van der Waals surface area contributed by atoms with E-state index >= 15 is 0 Å². The average Bonchev–Trinajstić information content (AvgIpc) is 3.14. The third kappa shape index (κ3) is 3.47. The summed E-state index contributed by atoms with van der Waals surface area (Å²) >= 11 is 0. The normalized spacial score (nSPS) is 18.2. The van der Waals surface area contributed by atoms with Gasteiger partial charge in [-0.25, -0.2) is 4.98 Å². The highest BCUT2D eigenvalue weighted by molar-refractivity contribution is 5.37. The summed E-state index contributed by atoms with van der Waals surface area (Å²) in [6.45, 7) is 6.57. The van der Waals surface area contributed by atoms with E-state index in [-0.39, 0.29) is 6.61 Å². The number of hydrogen-bond acceptors (Lipinski definition) is 4. The molecular weight excluding hydrogens is 302 g/mol. The average molecular weight is 329 g/mol. The smallest absolute Gasteiger partial charge is 0.126 e. The van der Waals surface area contributed by atoms with Crippen molar-refractivity contribution in [3.8, 4) is 5.75 Å². The van der Waals surface area contributed by atoms with Crippen molar-refractivity contribution in [3.05, 3.63) is 47.0 Å². The van der Waals surface area contributed by atoms with Crippen molar-refractivity contribution >= 4 is 0 Å². The van der Waals surface area contributed by atoms with Crippen LogP contribution in [0.1, 0.15) is 48.5 Å². The molecule has 1 N–H and O–H groups in total. The molecule has 24 heavy (non-hydrogen) atoms. The number of likely N-dealkylation sites (tertiary alicyclic amines) is 1. The molecule has 1 atom stereocenters. The van der Waals surface area contributed by atoms with Crippen LogP contribution in [-0.2, 0) is 20.2 Å². The predicted octanol–water partition coefficient (Wildman–Crippen LogP) is 2.96. The molecule has 3 rings (SSSR count). The fourth-order valence-corrected chi connectivity index (χ4v) is 3.64. The largest absolute Gasteiger partial charge is 0.494 e. The molecule has 0 amide bonds. The van der Waals surface area contributed by atoms with Gasteiger partial charge in [-0.05, 0) is 50.9 Å². The lowest BCUT2D eigenvalue weighted by Gasteiger charge is -2.24. The molecule has 0 saturated carbocycles. The molecule has 1 aliphatic rings. The zero-order chi connectivity index (χ0) is 17.1. The maximum Gasteiger partial charge on any atom is 0.126 e. The Hall–Kier alpha value is -1.85. The summed E-state index contributed by atoms with van der Waals surface area (Å²) in [5.74, 6) is 1.93. The second-order valence-electron chi connectivity index (χ2n) is 6.51. The lowest BCUT2D eigenvalue weighted by Crippen LogP contribution is -2.25. The van der Waals surface area contributed by atoms with Gasteiger partial charge in [0, 0.05) is 25.4 Å². The Morgan fingerprint density at radius 1 is 1.38 bits per heavy atom. The van der Waals surface area contributed by atoms with Crippen molar-refractivity contribution in [1.29, 1.82) is 0 Å². The van der Waals surface area contributed by atoms with E-state index in [0.29, 0.717) is 12.6 Å². The molecular formula is C19H27N3O2. The number of aliphatic hydroxyl groups excluding tert-OH is 1. The second kappa shape index (κ2) is 7.36. The lowest BCUT2D eigenvalue weighted by molar-refractivity contribution is 0.235. The molecule has 1 saturated heterocycles. The van der Waals surface area contributed by atoms with Crippen LogP contribution in [0.5, 0.6) is 5.75 Å². The van der Waals surface area contributed by atoms with E-state index in [0.717, 1.165) is 42.3 Å². The van der Waals surface area contributed by atoms with E-state index in [1.165, 1.54) is 12.0 Å². The van der Waals surface area contributed by atoms with Crippen molar-refractivity contribution in [3.63, 3.8) is 0 Å². The van der Waals surface area contributed by atoms with Gasteiger partial charge in [0.25, 0.3) is 0 Å². The number of benzene rings is 1. The molecule has 1 aromatic carbocycles. The minimum Gasteiger partial charge on any atom is -0.494 e. The number of aliphatic hydroxyl groups is 1. The summed E-state index contributed by atoms with van der Waals surface area (Å²) in [5, 5.41) is 9.59. The first-order chi connectivity index (χ1) is 11.6. The Morgan fingerprint density at radius 3 is 2.88 bits per heavy atom. The van der Waals surface area contributed by atoms with Crippen molar-refractivity contribution in [2.45, 2.75) is 45.9 Å². The number of aryl methyl sites for hydroxylation is 2. The molecule has 0 spiro atoms. The van der Waals surface area contributed by atoms with Crippen molar-refractivity contribution < 1.29 is 9.84 Å². The van der Waals surface area contributed by atoms with E-state index in [4.69, 9.17) is 9.72 Å². The lowest BCUT2D eigenvalue weighted by atomic mass is 10.1. The number of hydrogen-bond donors (Lipinski definition) is 1. The van der Waals surface area contributed by atoms with Gasteiger partial charge >= 0.3 is 0 Å². The van der Waals surface area contributed by atoms with Gasteiger partial charge in [-0.3, -0.25) is 4.90 Å². The van der Waals surface area contributed by atoms with E-state index in [1.54, 1.807) is 0 Å². The van der Waals surface area contributed by atoms with Gasteiger partial charge in [0.15, 0.2) is 0 Å². The van der Waals surface area contributed by atoms with Crippen LogP contribution in [0.2, 0.25) is 0 Å². The van der Waals surface area contributed by atoms with Gasteiger partial charge in [-0.1, -0.05) is 6.07 Å². The topological polar surface area (TPSA) is 50.5 Å². The minimum absolute atomic E-state index is 0.00512. The van der Waals surface area contributed by atoms with Crippen LogP contribution < -0.4 is 4.74 Å². The molecule has 1 aromatic heterocycles. The zero-order valence-electron chi connectivity index (χ0n) is 14.8. The molecule has 0 radical (unpaired) electrons. The van der Waals surface area contributed by atoms with Crippen LogP contribution in [0.3, 0.4) is 0 Å². The van der Waals surface area contributed by atoms with Crippen LogP contribution >= 0.6 is 0 Å². The van der Waals surface area contributed by atoms with Crippen LogP contribution in [0.25, 0.3) is 0 Å². The highest BCUT2D eigenvalue weighted by Gasteiger charge is 2.29. The first kappa shape index (κ1) is 17.0. The molecule has 1 fully saturated rings. The van der Waals surface area contributed by atoms with Crippen molar-refractivity contribution in [1.82, 2.24) is 14.5 Å². The number of rotatable bonds is 6. The monoisotopic (exact) mass is 329 g/mol. The summed E-state index contributed by atoms with van der Waals surface area (Å²) in [6.07, 6.45) is 4.43. The Morgan fingerprint density at radius 2 is 2.21 bits per heavy atom. The summed E-state index contributed by atoms with van der Waals surface area (Å²) in [7, 11) is 2.08. The Bertz CT molecular complexity index is 696. The molecule has 2 heterocycles. The maximum atomic E-state index is 9.59. The Kier molecular flexibility index (Phi) is 5.21. The highest BCUT2D eigenvalue weighted by Crippen LogP contribution is 2.33. The van der Waals surface area contributed by atoms with Crippen LogP contribution in [0.15, 0.2) is 24.4 Å². The standard InChI is InChI=1S/C19H27N3O2/c1-4-24-18-8-7-15(10-16(18)13-23)12-22-9-5-6-17(22)19-20-14(2)11-21(19)3/h7-8,10-11,17,23H,4-6,9,12-13H2,1-3H3. The van der Waals surface area contributed by atoms with Gasteiger partial charge in [-0.15, -0.1) is 0 Å². The van der Waals surface area contributed by atoms with Crippen LogP contribution in [0, 0.1) is 6.92 Å². The first-order valence-electron chi connectivity index (χ1n) is 8.71. The fourth-order valence-electron chi connectivity index (χ4n) is 3.64. The second-order valence-corrected chi connectivity index (χ2v) is 6.51. The quantitative estimate of drug-likeness (QED) is 0.885. The SMILES string of the molecule is CCOc1ccc(CN2CCCC2c2nc(C)cn2C)cc1CO. The van der Waals surface area contributed by atoms with Gasteiger partial charge in [0.1, 0.15) is 11.6 Å². The van der Waals surface area contributed by atoms with Gasteiger partial charge < -0.3 is 14.4 Å². The molecule has 1 unspecified atom stereocenters. The minimum atomic E-state index is 0.00512. The van der Waals surface area contributed by atoms with E-state index in [9.17, 15) is 5.11 Å². The number of ether oxygens (including phenoxy) is 1. The summed E-state index contributed by atoms with van der Waals surface area (Å²) < 4.78 is 7.72. The molecule has 2 aromatic rings. The molecule has 1 aliphatic heterocycles. The molecule has 0 aliphatic carbocycles. The number of aromatic nitrogens is 2. The molecule has 5 heteroatoms. The van der Waals surface area contributed by atoms with Crippen LogP contribution in [-0.4, -0.2) is 32.7 Å².